The molecule has 0 saturated heterocycles. The molecule has 0 fully saturated rings. The van der Waals surface area contributed by atoms with Crippen LogP contribution >= 0.6 is 11.6 Å². The third-order valence-electron chi connectivity index (χ3n) is 3.77. The van der Waals surface area contributed by atoms with E-state index in [2.05, 4.69) is 33.9 Å². The number of esters is 1. The van der Waals surface area contributed by atoms with Gasteiger partial charge in [-0.15, -0.1) is 0 Å². The zero-order chi connectivity index (χ0) is 16.4. The molecule has 1 aromatic rings. The molecule has 0 atom stereocenters. The Bertz CT molecular complexity index is 538. The maximum atomic E-state index is 11.9. The first-order valence-electron chi connectivity index (χ1n) is 6.94. The maximum Gasteiger partial charge on any atom is 0.340 e. The van der Waals surface area contributed by atoms with Crippen LogP contribution in [0, 0.1) is 0 Å². The number of nitrogens with two attached hydrogens (primary N) is 1. The lowest BCUT2D eigenvalue weighted by molar-refractivity contribution is 0.0527. The molecule has 1 aromatic carbocycles. The summed E-state index contributed by atoms with van der Waals surface area (Å²) in [7, 11) is -2.07. The van der Waals surface area contributed by atoms with Gasteiger partial charge in [0.25, 0.3) is 8.32 Å². The highest BCUT2D eigenvalue weighted by atomic mass is 35.5. The van der Waals surface area contributed by atoms with Gasteiger partial charge in [-0.25, -0.2) is 4.79 Å². The van der Waals surface area contributed by atoms with Gasteiger partial charge in [-0.2, -0.15) is 0 Å². The summed E-state index contributed by atoms with van der Waals surface area (Å²) in [6, 6.07) is 3.16. The van der Waals surface area contributed by atoms with Crippen LogP contribution in [0.1, 0.15) is 38.1 Å². The quantitative estimate of drug-likeness (QED) is 0.502. The molecule has 0 radical (unpaired) electrons. The molecule has 0 aliphatic heterocycles. The second-order valence-electron chi connectivity index (χ2n) is 6.45. The number of rotatable bonds is 4. The van der Waals surface area contributed by atoms with Gasteiger partial charge in [-0.1, -0.05) is 32.4 Å². The zero-order valence-electron chi connectivity index (χ0n) is 13.5. The van der Waals surface area contributed by atoms with Gasteiger partial charge in [0.1, 0.15) is 5.75 Å². The second kappa shape index (κ2) is 6.28. The number of benzene rings is 1. The smallest absolute Gasteiger partial charge is 0.340 e. The van der Waals surface area contributed by atoms with Crippen molar-refractivity contribution in [2.45, 2.75) is 45.8 Å². The predicted octanol–water partition coefficient (Wildman–Crippen LogP) is 4.48. The Kier molecular flexibility index (Phi) is 5.33. The van der Waals surface area contributed by atoms with Gasteiger partial charge in [0, 0.05) is 5.02 Å². The second-order valence-corrected chi connectivity index (χ2v) is 11.6. The summed E-state index contributed by atoms with van der Waals surface area (Å²) in [6.45, 7) is 12.6. The minimum atomic E-state index is -2.07. The molecular weight excluding hydrogens is 306 g/mol. The molecule has 4 nitrogen and oxygen atoms in total. The summed E-state index contributed by atoms with van der Waals surface area (Å²) in [6.07, 6.45) is 0. The molecule has 118 valence electrons. The summed E-state index contributed by atoms with van der Waals surface area (Å²) < 4.78 is 11.2. The van der Waals surface area contributed by atoms with Crippen LogP contribution < -0.4 is 10.2 Å². The minimum absolute atomic E-state index is 0.0197. The Labute approximate surface area is 132 Å². The topological polar surface area (TPSA) is 61.5 Å². The number of anilines is 1. The highest BCUT2D eigenvalue weighted by molar-refractivity contribution is 6.74. The number of halogens is 1. The predicted molar refractivity (Wildman–Crippen MR) is 89.6 cm³/mol. The van der Waals surface area contributed by atoms with Gasteiger partial charge in [0.05, 0.1) is 17.9 Å². The fourth-order valence-electron chi connectivity index (χ4n) is 1.48. The van der Waals surface area contributed by atoms with Crippen molar-refractivity contribution in [3.05, 3.63) is 22.7 Å². The average molecular weight is 330 g/mol. The number of hydrogen-bond acceptors (Lipinski definition) is 4. The van der Waals surface area contributed by atoms with Crippen molar-refractivity contribution in [2.24, 2.45) is 0 Å². The number of nitrogen functional groups attached to an aromatic ring is 1. The SMILES string of the molecule is CCOC(=O)c1cc(Cl)cc(O[Si](C)(C)C(C)(C)C)c1N. The average Bonchev–Trinajstić information content (AvgIpc) is 2.31. The molecule has 1 rings (SSSR count). The maximum absolute atomic E-state index is 11.9. The van der Waals surface area contributed by atoms with Crippen LogP contribution in [-0.4, -0.2) is 20.9 Å². The lowest BCUT2D eigenvalue weighted by atomic mass is 10.1. The molecule has 0 aromatic heterocycles. The molecule has 0 aliphatic rings. The van der Waals surface area contributed by atoms with Crippen molar-refractivity contribution in [2.75, 3.05) is 12.3 Å². The van der Waals surface area contributed by atoms with E-state index in [4.69, 9.17) is 26.5 Å². The van der Waals surface area contributed by atoms with Crippen molar-refractivity contribution in [3.8, 4) is 5.75 Å². The Hall–Kier alpha value is -1.20. The molecule has 0 heterocycles. The van der Waals surface area contributed by atoms with Crippen LogP contribution in [0.2, 0.25) is 23.2 Å². The number of carbonyl (C=O) groups is 1. The van der Waals surface area contributed by atoms with Gasteiger partial charge < -0.3 is 14.9 Å². The Morgan fingerprint density at radius 1 is 1.33 bits per heavy atom. The molecule has 0 aliphatic carbocycles. The summed E-state index contributed by atoms with van der Waals surface area (Å²) in [5, 5.41) is 0.423. The standard InChI is InChI=1S/C15H24ClNO3Si/c1-7-19-14(18)11-8-10(16)9-12(13(11)17)20-21(5,6)15(2,3)4/h8-9H,7,17H2,1-6H3. The van der Waals surface area contributed by atoms with E-state index < -0.39 is 14.3 Å². The van der Waals surface area contributed by atoms with Crippen LogP contribution in [-0.2, 0) is 4.74 Å². The molecular formula is C15H24ClNO3Si. The Balaban J connectivity index is 3.24. The summed E-state index contributed by atoms with van der Waals surface area (Å²) in [4.78, 5) is 11.9. The highest BCUT2D eigenvalue weighted by Gasteiger charge is 2.39. The van der Waals surface area contributed by atoms with Crippen molar-refractivity contribution in [1.29, 1.82) is 0 Å². The lowest BCUT2D eigenvalue weighted by Gasteiger charge is -2.37. The van der Waals surface area contributed by atoms with Gasteiger partial charge in [0.15, 0.2) is 0 Å². The van der Waals surface area contributed by atoms with Crippen LogP contribution in [0.25, 0.3) is 0 Å². The van der Waals surface area contributed by atoms with Gasteiger partial charge >= 0.3 is 5.97 Å². The number of hydrogen-bond donors (Lipinski definition) is 1. The summed E-state index contributed by atoms with van der Waals surface area (Å²) in [5.74, 6) is -0.0327. The first-order valence-corrected chi connectivity index (χ1v) is 10.2. The summed E-state index contributed by atoms with van der Waals surface area (Å²) >= 11 is 6.08. The van der Waals surface area contributed by atoms with Crippen molar-refractivity contribution in [3.63, 3.8) is 0 Å². The monoisotopic (exact) mass is 329 g/mol. The number of carbonyl (C=O) groups excluding carboxylic acids is 1. The largest absolute Gasteiger partial charge is 0.542 e. The van der Waals surface area contributed by atoms with Crippen LogP contribution in [0.5, 0.6) is 5.75 Å². The fraction of sp³-hybridized carbons (Fsp3) is 0.533. The van der Waals surface area contributed by atoms with Gasteiger partial charge in [-0.05, 0) is 37.2 Å². The molecule has 0 bridgehead atoms. The molecule has 2 N–H and O–H groups in total. The molecule has 0 amide bonds. The molecule has 0 saturated carbocycles. The van der Waals surface area contributed by atoms with Crippen molar-refractivity contribution in [1.82, 2.24) is 0 Å². The lowest BCUT2D eigenvalue weighted by Crippen LogP contribution is -2.44. The van der Waals surface area contributed by atoms with E-state index in [1.807, 2.05) is 0 Å². The normalized spacial score (nSPS) is 12.1. The number of ether oxygens (including phenoxy) is 1. The van der Waals surface area contributed by atoms with E-state index in [1.54, 1.807) is 13.0 Å². The zero-order valence-corrected chi connectivity index (χ0v) is 15.3. The first kappa shape index (κ1) is 17.8. The van der Waals surface area contributed by atoms with E-state index in [9.17, 15) is 4.79 Å². The van der Waals surface area contributed by atoms with Crippen LogP contribution in [0.4, 0.5) is 5.69 Å². The van der Waals surface area contributed by atoms with Crippen molar-refractivity contribution < 1.29 is 14.0 Å². The van der Waals surface area contributed by atoms with Gasteiger partial charge in [0.2, 0.25) is 0 Å². The molecule has 6 heteroatoms. The molecule has 0 spiro atoms. The van der Waals surface area contributed by atoms with E-state index in [0.29, 0.717) is 10.8 Å². The first-order chi connectivity index (χ1) is 9.49. The third kappa shape index (κ3) is 4.14. The van der Waals surface area contributed by atoms with E-state index in [-0.39, 0.29) is 22.9 Å². The third-order valence-corrected chi connectivity index (χ3v) is 8.33. The Morgan fingerprint density at radius 3 is 2.38 bits per heavy atom. The Morgan fingerprint density at radius 2 is 1.90 bits per heavy atom. The van der Waals surface area contributed by atoms with Crippen LogP contribution in [0.3, 0.4) is 0 Å². The highest BCUT2D eigenvalue weighted by Crippen LogP contribution is 2.40. The van der Waals surface area contributed by atoms with Crippen molar-refractivity contribution >= 4 is 31.6 Å². The minimum Gasteiger partial charge on any atom is -0.542 e. The fourth-order valence-corrected chi connectivity index (χ4v) is 2.72. The van der Waals surface area contributed by atoms with Gasteiger partial charge in [-0.3, -0.25) is 0 Å². The summed E-state index contributed by atoms with van der Waals surface area (Å²) in [5.41, 5.74) is 6.60. The van der Waals surface area contributed by atoms with E-state index >= 15 is 0 Å². The molecule has 21 heavy (non-hydrogen) atoms. The van der Waals surface area contributed by atoms with E-state index in [0.717, 1.165) is 0 Å². The van der Waals surface area contributed by atoms with Crippen LogP contribution in [0.15, 0.2) is 12.1 Å². The van der Waals surface area contributed by atoms with E-state index in [1.165, 1.54) is 6.07 Å². The molecule has 0 unspecified atom stereocenters.